The number of benzene rings is 2. The number of nitrogens with two attached hydrogens (primary N) is 1. The SMILES string of the molecule is CCOC(=O)C1=C(N)N(c2ccc(C)cc2)C2=C(C(=O)CC(C)(C)C2)C1c1ccc(OC)cc1. The fourth-order valence-electron chi connectivity index (χ4n) is 4.94. The Morgan fingerprint density at radius 3 is 2.32 bits per heavy atom. The average Bonchev–Trinajstić information content (AvgIpc) is 2.78. The predicted molar refractivity (Wildman–Crippen MR) is 132 cm³/mol. The van der Waals surface area contributed by atoms with Crippen molar-refractivity contribution in [3.63, 3.8) is 0 Å². The zero-order valence-electron chi connectivity index (χ0n) is 20.5. The van der Waals surface area contributed by atoms with Crippen LogP contribution in [0, 0.1) is 12.3 Å². The largest absolute Gasteiger partial charge is 0.497 e. The summed E-state index contributed by atoms with van der Waals surface area (Å²) in [6.07, 6.45) is 1.06. The number of ketones is 1. The summed E-state index contributed by atoms with van der Waals surface area (Å²) in [5.41, 5.74) is 11.0. The summed E-state index contributed by atoms with van der Waals surface area (Å²) in [5.74, 6) is -0.0981. The number of anilines is 1. The minimum Gasteiger partial charge on any atom is -0.497 e. The number of Topliss-reactive ketones (excluding diaryl/α,β-unsaturated/α-hetero) is 1. The van der Waals surface area contributed by atoms with E-state index in [9.17, 15) is 9.59 Å². The average molecular weight is 461 g/mol. The summed E-state index contributed by atoms with van der Waals surface area (Å²) in [6, 6.07) is 15.4. The molecule has 2 aliphatic rings. The minimum absolute atomic E-state index is 0.0264. The highest BCUT2D eigenvalue weighted by molar-refractivity contribution is 6.05. The van der Waals surface area contributed by atoms with Crippen LogP contribution in [0.1, 0.15) is 50.7 Å². The van der Waals surface area contributed by atoms with E-state index in [0.29, 0.717) is 35.6 Å². The molecular formula is C28H32N2O4. The Bertz CT molecular complexity index is 1170. The molecule has 0 bridgehead atoms. The van der Waals surface area contributed by atoms with E-state index in [1.54, 1.807) is 14.0 Å². The van der Waals surface area contributed by atoms with Gasteiger partial charge in [-0.3, -0.25) is 9.69 Å². The Kier molecular flexibility index (Phi) is 6.26. The fourth-order valence-corrected chi connectivity index (χ4v) is 4.94. The molecule has 0 saturated carbocycles. The van der Waals surface area contributed by atoms with Gasteiger partial charge < -0.3 is 15.2 Å². The Morgan fingerprint density at radius 1 is 1.09 bits per heavy atom. The van der Waals surface area contributed by atoms with E-state index in [0.717, 1.165) is 22.5 Å². The molecule has 1 atom stereocenters. The second kappa shape index (κ2) is 9.01. The van der Waals surface area contributed by atoms with Gasteiger partial charge in [0.2, 0.25) is 0 Å². The van der Waals surface area contributed by atoms with E-state index in [1.165, 1.54) is 0 Å². The standard InChI is InChI=1S/C28H32N2O4/c1-6-34-27(32)25-23(18-9-13-20(33-5)14-10-18)24-21(15-28(3,4)16-22(24)31)30(26(25)29)19-11-7-17(2)8-12-19/h7-14,23H,6,15-16,29H2,1-5H3. The first-order valence-electron chi connectivity index (χ1n) is 11.6. The number of ether oxygens (including phenoxy) is 2. The number of allylic oxidation sites excluding steroid dienone is 2. The molecule has 2 aromatic rings. The summed E-state index contributed by atoms with van der Waals surface area (Å²) in [4.78, 5) is 28.9. The molecule has 0 saturated heterocycles. The topological polar surface area (TPSA) is 81.9 Å². The van der Waals surface area contributed by atoms with Gasteiger partial charge in [-0.1, -0.05) is 43.7 Å². The van der Waals surface area contributed by atoms with Crippen LogP contribution in [-0.4, -0.2) is 25.5 Å². The van der Waals surface area contributed by atoms with Crippen molar-refractivity contribution in [1.29, 1.82) is 0 Å². The van der Waals surface area contributed by atoms with Gasteiger partial charge >= 0.3 is 5.97 Å². The highest BCUT2D eigenvalue weighted by Gasteiger charge is 2.46. The van der Waals surface area contributed by atoms with Crippen molar-refractivity contribution < 1.29 is 19.1 Å². The molecule has 0 aromatic heterocycles. The van der Waals surface area contributed by atoms with Crippen LogP contribution in [0.15, 0.2) is 71.2 Å². The molecule has 0 spiro atoms. The summed E-state index contributed by atoms with van der Waals surface area (Å²) >= 11 is 0. The summed E-state index contributed by atoms with van der Waals surface area (Å²) in [6.45, 7) is 8.16. The number of methoxy groups -OCH3 is 1. The number of nitrogens with zero attached hydrogens (tertiary/aromatic N) is 1. The van der Waals surface area contributed by atoms with Crippen molar-refractivity contribution in [3.05, 3.63) is 82.3 Å². The molecule has 0 fully saturated rings. The fraction of sp³-hybridized carbons (Fsp3) is 0.357. The van der Waals surface area contributed by atoms with Crippen LogP contribution in [0.5, 0.6) is 5.75 Å². The summed E-state index contributed by atoms with van der Waals surface area (Å²) < 4.78 is 10.8. The van der Waals surface area contributed by atoms with Crippen LogP contribution in [0.4, 0.5) is 5.69 Å². The molecule has 34 heavy (non-hydrogen) atoms. The van der Waals surface area contributed by atoms with Crippen molar-refractivity contribution in [3.8, 4) is 5.75 Å². The van der Waals surface area contributed by atoms with E-state index >= 15 is 0 Å². The highest BCUT2D eigenvalue weighted by atomic mass is 16.5. The van der Waals surface area contributed by atoms with Crippen LogP contribution in [0.2, 0.25) is 0 Å². The smallest absolute Gasteiger partial charge is 0.338 e. The first-order valence-corrected chi connectivity index (χ1v) is 11.6. The Hall–Kier alpha value is -3.54. The number of rotatable bonds is 5. The van der Waals surface area contributed by atoms with Gasteiger partial charge in [0.05, 0.1) is 25.2 Å². The number of hydrogen-bond donors (Lipinski definition) is 1. The Morgan fingerprint density at radius 2 is 1.74 bits per heavy atom. The van der Waals surface area contributed by atoms with E-state index in [1.807, 2.05) is 60.4 Å². The number of aryl methyl sites for hydroxylation is 1. The molecule has 0 radical (unpaired) electrons. The molecule has 4 rings (SSSR count). The van der Waals surface area contributed by atoms with Crippen molar-refractivity contribution in [2.75, 3.05) is 18.6 Å². The van der Waals surface area contributed by atoms with Gasteiger partial charge in [0.1, 0.15) is 11.6 Å². The van der Waals surface area contributed by atoms with Crippen LogP contribution in [0.25, 0.3) is 0 Å². The summed E-state index contributed by atoms with van der Waals surface area (Å²) in [5, 5.41) is 0. The lowest BCUT2D eigenvalue weighted by Crippen LogP contribution is -2.43. The van der Waals surface area contributed by atoms with E-state index < -0.39 is 11.9 Å². The van der Waals surface area contributed by atoms with Crippen LogP contribution < -0.4 is 15.4 Å². The third-order valence-corrected chi connectivity index (χ3v) is 6.50. The van der Waals surface area contributed by atoms with E-state index in [2.05, 4.69) is 13.8 Å². The molecule has 6 heteroatoms. The zero-order valence-corrected chi connectivity index (χ0v) is 20.5. The van der Waals surface area contributed by atoms with Gasteiger partial charge in [-0.15, -0.1) is 0 Å². The molecule has 1 heterocycles. The van der Waals surface area contributed by atoms with Crippen molar-refractivity contribution >= 4 is 17.4 Å². The summed E-state index contributed by atoms with van der Waals surface area (Å²) in [7, 11) is 1.60. The van der Waals surface area contributed by atoms with E-state index in [-0.39, 0.29) is 17.8 Å². The van der Waals surface area contributed by atoms with E-state index in [4.69, 9.17) is 15.2 Å². The van der Waals surface area contributed by atoms with Crippen molar-refractivity contribution in [2.24, 2.45) is 11.1 Å². The molecule has 2 aromatic carbocycles. The number of esters is 1. The number of carbonyl (C=O) groups excluding carboxylic acids is 2. The second-order valence-electron chi connectivity index (χ2n) is 9.70. The lowest BCUT2D eigenvalue weighted by Gasteiger charge is -2.44. The number of hydrogen-bond acceptors (Lipinski definition) is 6. The molecule has 178 valence electrons. The van der Waals surface area contributed by atoms with Gasteiger partial charge in [0.25, 0.3) is 0 Å². The molecule has 2 N–H and O–H groups in total. The molecule has 0 amide bonds. The molecule has 1 aliphatic heterocycles. The van der Waals surface area contributed by atoms with Crippen LogP contribution in [-0.2, 0) is 14.3 Å². The molecule has 1 unspecified atom stereocenters. The highest BCUT2D eigenvalue weighted by Crippen LogP contribution is 2.50. The van der Waals surface area contributed by atoms with Gasteiger partial charge in [-0.05, 0) is 55.5 Å². The molecule has 1 aliphatic carbocycles. The lowest BCUT2D eigenvalue weighted by atomic mass is 9.68. The molecular weight excluding hydrogens is 428 g/mol. The van der Waals surface area contributed by atoms with Crippen LogP contribution in [0.3, 0.4) is 0 Å². The number of carbonyl (C=O) groups is 2. The monoisotopic (exact) mass is 460 g/mol. The van der Waals surface area contributed by atoms with Crippen LogP contribution >= 0.6 is 0 Å². The Labute approximate surface area is 201 Å². The minimum atomic E-state index is -0.606. The quantitative estimate of drug-likeness (QED) is 0.634. The van der Waals surface area contributed by atoms with Gasteiger partial charge in [0.15, 0.2) is 5.78 Å². The maximum Gasteiger partial charge on any atom is 0.338 e. The Balaban J connectivity index is 2.00. The van der Waals surface area contributed by atoms with Crippen molar-refractivity contribution in [1.82, 2.24) is 0 Å². The van der Waals surface area contributed by atoms with Crippen molar-refractivity contribution in [2.45, 2.75) is 46.5 Å². The zero-order chi connectivity index (χ0) is 24.6. The first-order chi connectivity index (χ1) is 16.2. The maximum atomic E-state index is 13.7. The normalized spacial score (nSPS) is 19.7. The first kappa shape index (κ1) is 23.6. The maximum absolute atomic E-state index is 13.7. The van der Waals surface area contributed by atoms with Gasteiger partial charge in [0, 0.05) is 23.4 Å². The predicted octanol–water partition coefficient (Wildman–Crippen LogP) is 4.98. The van der Waals surface area contributed by atoms with Gasteiger partial charge in [-0.25, -0.2) is 4.79 Å². The third-order valence-electron chi connectivity index (χ3n) is 6.50. The molecule has 6 nitrogen and oxygen atoms in total. The second-order valence-corrected chi connectivity index (χ2v) is 9.70. The van der Waals surface area contributed by atoms with Gasteiger partial charge in [-0.2, -0.15) is 0 Å². The third kappa shape index (κ3) is 4.20. The lowest BCUT2D eigenvalue weighted by molar-refractivity contribution is -0.138.